The van der Waals surface area contributed by atoms with Gasteiger partial charge < -0.3 is 10.2 Å². The number of rotatable bonds is 21. The third-order valence-corrected chi connectivity index (χ3v) is 5.58. The van der Waals surface area contributed by atoms with E-state index in [4.69, 9.17) is 0 Å². The van der Waals surface area contributed by atoms with Crippen LogP contribution in [0.25, 0.3) is 0 Å². The molecule has 0 rings (SSSR count). The van der Waals surface area contributed by atoms with Crippen molar-refractivity contribution in [2.75, 3.05) is 19.6 Å². The van der Waals surface area contributed by atoms with E-state index < -0.39 is 0 Å². The Kier molecular flexibility index (Phi) is 20.9. The molecule has 0 aliphatic rings. The summed E-state index contributed by atoms with van der Waals surface area (Å²) < 4.78 is 0. The number of carbonyl (C=O) groups is 2. The van der Waals surface area contributed by atoms with Crippen LogP contribution in [0, 0.1) is 0 Å². The Balaban J connectivity index is 3.82. The molecular weight excluding hydrogens is 360 g/mol. The average Bonchev–Trinajstić information content (AvgIpc) is 2.71. The van der Waals surface area contributed by atoms with E-state index in [1.54, 1.807) is 0 Å². The number of hydrogen-bond donors (Lipinski definition) is 1. The molecule has 0 radical (unpaired) electrons. The summed E-state index contributed by atoms with van der Waals surface area (Å²) in [7, 11) is 0. The van der Waals surface area contributed by atoms with Gasteiger partial charge in [-0.15, -0.1) is 0 Å². The molecule has 172 valence electrons. The van der Waals surface area contributed by atoms with Gasteiger partial charge in [-0.05, 0) is 19.3 Å². The first-order valence-corrected chi connectivity index (χ1v) is 12.7. The fraction of sp³-hybridized carbons (Fsp3) is 0.920. The van der Waals surface area contributed by atoms with Crippen LogP contribution >= 0.6 is 0 Å². The highest BCUT2D eigenvalue weighted by atomic mass is 16.2. The molecule has 0 bridgehead atoms. The minimum atomic E-state index is -0.125. The largest absolute Gasteiger partial charge is 0.356 e. The van der Waals surface area contributed by atoms with Crippen LogP contribution in [0.5, 0.6) is 0 Å². The normalized spacial score (nSPS) is 10.9. The van der Waals surface area contributed by atoms with Gasteiger partial charge in [-0.25, -0.2) is 0 Å². The molecule has 0 heterocycles. The van der Waals surface area contributed by atoms with Crippen molar-refractivity contribution in [1.82, 2.24) is 10.2 Å². The molecular formula is C25H50N2O2. The van der Waals surface area contributed by atoms with Crippen LogP contribution in [0.2, 0.25) is 0 Å². The maximum Gasteiger partial charge on any atom is 0.232 e. The molecule has 0 spiro atoms. The van der Waals surface area contributed by atoms with Crippen molar-refractivity contribution >= 4 is 11.8 Å². The zero-order valence-corrected chi connectivity index (χ0v) is 19.9. The third-order valence-electron chi connectivity index (χ3n) is 5.58. The van der Waals surface area contributed by atoms with Crippen LogP contribution in [-0.2, 0) is 9.59 Å². The summed E-state index contributed by atoms with van der Waals surface area (Å²) in [5.74, 6) is -0.129. The van der Waals surface area contributed by atoms with Gasteiger partial charge in [0, 0.05) is 19.6 Å². The van der Waals surface area contributed by atoms with E-state index >= 15 is 0 Å². The summed E-state index contributed by atoms with van der Waals surface area (Å²) >= 11 is 0. The lowest BCUT2D eigenvalue weighted by molar-refractivity contribution is -0.136. The number of carbonyl (C=O) groups excluding carboxylic acids is 2. The molecule has 0 aliphatic carbocycles. The monoisotopic (exact) mass is 410 g/mol. The summed E-state index contributed by atoms with van der Waals surface area (Å²) in [6.07, 6.45) is 20.0. The standard InChI is InChI=1S/C25H50N2O2/c1-4-7-10-11-12-13-14-15-16-17-18-19-22-27(21-9-6-3)25(29)23-24(28)26-20-8-5-2/h4-23H2,1-3H3,(H,26,28). The van der Waals surface area contributed by atoms with Gasteiger partial charge in [-0.2, -0.15) is 0 Å². The molecule has 0 unspecified atom stereocenters. The second kappa shape index (κ2) is 21.6. The summed E-state index contributed by atoms with van der Waals surface area (Å²) in [6, 6.07) is 0. The highest BCUT2D eigenvalue weighted by Gasteiger charge is 2.16. The smallest absolute Gasteiger partial charge is 0.232 e. The molecule has 29 heavy (non-hydrogen) atoms. The first-order valence-electron chi connectivity index (χ1n) is 12.7. The van der Waals surface area contributed by atoms with Gasteiger partial charge in [-0.1, -0.05) is 104 Å². The van der Waals surface area contributed by atoms with Crippen molar-refractivity contribution in [1.29, 1.82) is 0 Å². The van der Waals surface area contributed by atoms with Gasteiger partial charge >= 0.3 is 0 Å². The lowest BCUT2D eigenvalue weighted by Gasteiger charge is -2.22. The van der Waals surface area contributed by atoms with Gasteiger partial charge in [0.2, 0.25) is 11.8 Å². The molecule has 0 aromatic rings. The molecule has 0 aliphatic heterocycles. The molecule has 0 atom stereocenters. The Hall–Kier alpha value is -1.06. The highest BCUT2D eigenvalue weighted by molar-refractivity contribution is 5.96. The third kappa shape index (κ3) is 18.7. The van der Waals surface area contributed by atoms with Crippen molar-refractivity contribution in [3.05, 3.63) is 0 Å². The number of hydrogen-bond acceptors (Lipinski definition) is 2. The Morgan fingerprint density at radius 2 is 1.03 bits per heavy atom. The van der Waals surface area contributed by atoms with Crippen molar-refractivity contribution in [3.63, 3.8) is 0 Å². The molecule has 2 amide bonds. The van der Waals surface area contributed by atoms with E-state index in [1.165, 1.54) is 70.6 Å². The highest BCUT2D eigenvalue weighted by Crippen LogP contribution is 2.12. The van der Waals surface area contributed by atoms with Crippen LogP contribution < -0.4 is 5.32 Å². The molecule has 0 saturated carbocycles. The van der Waals surface area contributed by atoms with Crippen molar-refractivity contribution in [3.8, 4) is 0 Å². The van der Waals surface area contributed by atoms with Gasteiger partial charge in [-0.3, -0.25) is 9.59 Å². The quantitative estimate of drug-likeness (QED) is 0.171. The van der Waals surface area contributed by atoms with E-state index in [1.807, 2.05) is 4.90 Å². The minimum Gasteiger partial charge on any atom is -0.356 e. The summed E-state index contributed by atoms with van der Waals surface area (Å²) in [5.41, 5.74) is 0. The summed E-state index contributed by atoms with van der Waals surface area (Å²) in [4.78, 5) is 26.3. The molecule has 4 heteroatoms. The Bertz CT molecular complexity index is 385. The second-order valence-corrected chi connectivity index (χ2v) is 8.50. The number of unbranched alkanes of at least 4 members (excludes halogenated alkanes) is 13. The number of amides is 2. The first-order chi connectivity index (χ1) is 14.2. The predicted octanol–water partition coefficient (Wildman–Crippen LogP) is 6.62. The van der Waals surface area contributed by atoms with E-state index in [-0.39, 0.29) is 18.2 Å². The van der Waals surface area contributed by atoms with Gasteiger partial charge in [0.15, 0.2) is 0 Å². The summed E-state index contributed by atoms with van der Waals surface area (Å²) in [6.45, 7) is 8.77. The lowest BCUT2D eigenvalue weighted by atomic mass is 10.1. The van der Waals surface area contributed by atoms with E-state index in [9.17, 15) is 9.59 Å². The number of nitrogens with one attached hydrogen (secondary N) is 1. The Morgan fingerprint density at radius 1 is 0.586 bits per heavy atom. The van der Waals surface area contributed by atoms with E-state index in [2.05, 4.69) is 26.1 Å². The van der Waals surface area contributed by atoms with Gasteiger partial charge in [0.1, 0.15) is 6.42 Å². The maximum atomic E-state index is 12.5. The molecule has 0 fully saturated rings. The average molecular weight is 411 g/mol. The molecule has 1 N–H and O–H groups in total. The lowest BCUT2D eigenvalue weighted by Crippen LogP contribution is -2.37. The van der Waals surface area contributed by atoms with Gasteiger partial charge in [0.05, 0.1) is 0 Å². The van der Waals surface area contributed by atoms with Crippen LogP contribution in [-0.4, -0.2) is 36.3 Å². The zero-order chi connectivity index (χ0) is 21.6. The fourth-order valence-electron chi connectivity index (χ4n) is 3.57. The molecule has 0 aromatic heterocycles. The SMILES string of the molecule is CCCCCCCCCCCCCCN(CCCC)C(=O)CC(=O)NCCCC. The number of nitrogens with zero attached hydrogens (tertiary/aromatic N) is 1. The van der Waals surface area contributed by atoms with E-state index in [0.29, 0.717) is 6.54 Å². The van der Waals surface area contributed by atoms with Crippen molar-refractivity contribution in [2.45, 2.75) is 130 Å². The van der Waals surface area contributed by atoms with Crippen LogP contribution in [0.1, 0.15) is 130 Å². The van der Waals surface area contributed by atoms with Crippen LogP contribution in [0.4, 0.5) is 0 Å². The van der Waals surface area contributed by atoms with E-state index in [0.717, 1.165) is 45.2 Å². The Labute approximate surface area is 181 Å². The molecule has 0 aromatic carbocycles. The zero-order valence-electron chi connectivity index (χ0n) is 19.9. The molecule has 0 saturated heterocycles. The fourth-order valence-corrected chi connectivity index (χ4v) is 3.57. The van der Waals surface area contributed by atoms with Crippen LogP contribution in [0.15, 0.2) is 0 Å². The van der Waals surface area contributed by atoms with Gasteiger partial charge in [0.25, 0.3) is 0 Å². The molecule has 4 nitrogen and oxygen atoms in total. The van der Waals surface area contributed by atoms with Crippen molar-refractivity contribution < 1.29 is 9.59 Å². The topological polar surface area (TPSA) is 49.4 Å². The van der Waals surface area contributed by atoms with Crippen LogP contribution in [0.3, 0.4) is 0 Å². The van der Waals surface area contributed by atoms with Crippen molar-refractivity contribution in [2.24, 2.45) is 0 Å². The second-order valence-electron chi connectivity index (χ2n) is 8.50. The Morgan fingerprint density at radius 3 is 1.55 bits per heavy atom. The minimum absolute atomic E-state index is 0.00415. The predicted molar refractivity (Wildman–Crippen MR) is 125 cm³/mol. The summed E-state index contributed by atoms with van der Waals surface area (Å²) in [5, 5.41) is 2.85. The maximum absolute atomic E-state index is 12.5. The first kappa shape index (κ1) is 27.9.